The molecule has 2 aliphatic rings. The zero-order chi connectivity index (χ0) is 16.7. The van der Waals surface area contributed by atoms with Crippen molar-refractivity contribution in [1.82, 2.24) is 14.9 Å². The number of ether oxygens (including phenoxy) is 1. The third kappa shape index (κ3) is 2.89. The fraction of sp³-hybridized carbons (Fsp3) is 0.444. The second-order valence-corrected chi connectivity index (χ2v) is 6.61. The minimum absolute atomic E-state index is 0.00875. The van der Waals surface area contributed by atoms with Crippen LogP contribution < -0.4 is 10.3 Å². The Morgan fingerprint density at radius 2 is 2.25 bits per heavy atom. The number of fused-ring (bicyclic) bond motifs is 1. The van der Waals surface area contributed by atoms with Crippen LogP contribution in [0.1, 0.15) is 41.4 Å². The topological polar surface area (TPSA) is 78.5 Å². The Morgan fingerprint density at radius 1 is 1.42 bits per heavy atom. The number of aromatic nitrogens is 2. The highest BCUT2D eigenvalue weighted by Gasteiger charge is 2.29. The molecule has 1 saturated carbocycles. The van der Waals surface area contributed by atoms with Crippen LogP contribution in [0.25, 0.3) is 0 Å². The summed E-state index contributed by atoms with van der Waals surface area (Å²) in [5.41, 5.74) is 2.53. The molecular weight excluding hydrogens is 306 g/mol. The summed E-state index contributed by atoms with van der Waals surface area (Å²) in [4.78, 5) is 22.2. The van der Waals surface area contributed by atoms with Crippen molar-refractivity contribution in [3.63, 3.8) is 0 Å². The number of methoxy groups -OCH3 is 1. The van der Waals surface area contributed by atoms with Crippen molar-refractivity contribution in [2.75, 3.05) is 13.7 Å². The number of hydrogen-bond acceptors (Lipinski definition) is 5. The van der Waals surface area contributed by atoms with Gasteiger partial charge in [-0.05, 0) is 18.9 Å². The maximum absolute atomic E-state index is 12.4. The summed E-state index contributed by atoms with van der Waals surface area (Å²) < 4.78 is 5.11. The van der Waals surface area contributed by atoms with E-state index in [0.29, 0.717) is 24.8 Å². The van der Waals surface area contributed by atoms with Crippen LogP contribution in [-0.2, 0) is 19.5 Å². The van der Waals surface area contributed by atoms with E-state index in [4.69, 9.17) is 4.74 Å². The first-order valence-corrected chi connectivity index (χ1v) is 8.34. The lowest BCUT2D eigenvalue weighted by Crippen LogP contribution is -2.35. The number of nitrogens with zero attached hydrogens (tertiary/aromatic N) is 2. The first-order valence-electron chi connectivity index (χ1n) is 8.34. The molecule has 0 saturated heterocycles. The number of benzene rings is 1. The highest BCUT2D eigenvalue weighted by Crippen LogP contribution is 2.38. The monoisotopic (exact) mass is 327 g/mol. The Morgan fingerprint density at radius 3 is 2.96 bits per heavy atom. The smallest absolute Gasteiger partial charge is 0.255 e. The predicted molar refractivity (Wildman–Crippen MR) is 89.3 cm³/mol. The zero-order valence-corrected chi connectivity index (χ0v) is 13.7. The van der Waals surface area contributed by atoms with E-state index in [9.17, 15) is 9.90 Å². The van der Waals surface area contributed by atoms with Gasteiger partial charge in [-0.3, -0.25) is 9.69 Å². The van der Waals surface area contributed by atoms with Crippen LogP contribution in [0.15, 0.2) is 23.0 Å². The molecule has 0 unspecified atom stereocenters. The molecule has 1 aliphatic heterocycles. The largest absolute Gasteiger partial charge is 0.507 e. The van der Waals surface area contributed by atoms with Gasteiger partial charge in [-0.2, -0.15) is 0 Å². The fourth-order valence-electron chi connectivity index (χ4n) is 3.23. The number of nitrogens with one attached hydrogen (secondary N) is 1. The predicted octanol–water partition coefficient (Wildman–Crippen LogP) is 1.92. The van der Waals surface area contributed by atoms with Gasteiger partial charge < -0.3 is 14.8 Å². The quantitative estimate of drug-likeness (QED) is 0.897. The minimum atomic E-state index is -0.00875. The van der Waals surface area contributed by atoms with Gasteiger partial charge >= 0.3 is 0 Å². The first kappa shape index (κ1) is 15.2. The number of phenols is 1. The van der Waals surface area contributed by atoms with Crippen molar-refractivity contribution in [3.05, 3.63) is 51.2 Å². The third-order valence-electron chi connectivity index (χ3n) is 4.82. The molecule has 6 nitrogen and oxygen atoms in total. The summed E-state index contributed by atoms with van der Waals surface area (Å²) in [7, 11) is 1.57. The SMILES string of the molecule is COc1ccc(CN2CCc3nc(C4CC4)[nH]c(=O)c3C2)c(O)c1. The molecule has 2 N–H and O–H groups in total. The number of rotatable bonds is 4. The van der Waals surface area contributed by atoms with Crippen LogP contribution in [0.3, 0.4) is 0 Å². The molecule has 4 rings (SSSR count). The van der Waals surface area contributed by atoms with E-state index in [2.05, 4.69) is 14.9 Å². The molecule has 1 fully saturated rings. The molecule has 6 heteroatoms. The van der Waals surface area contributed by atoms with Gasteiger partial charge in [0.2, 0.25) is 0 Å². The van der Waals surface area contributed by atoms with Crippen molar-refractivity contribution in [1.29, 1.82) is 0 Å². The molecular formula is C18H21N3O3. The summed E-state index contributed by atoms with van der Waals surface area (Å²) >= 11 is 0. The first-order chi connectivity index (χ1) is 11.6. The Bertz CT molecular complexity index is 827. The lowest BCUT2D eigenvalue weighted by atomic mass is 10.1. The lowest BCUT2D eigenvalue weighted by molar-refractivity contribution is 0.238. The zero-order valence-electron chi connectivity index (χ0n) is 13.7. The molecule has 1 aromatic carbocycles. The number of H-pyrrole nitrogens is 1. The van der Waals surface area contributed by atoms with Gasteiger partial charge in [0.15, 0.2) is 0 Å². The van der Waals surface area contributed by atoms with Gasteiger partial charge in [0.05, 0.1) is 18.4 Å². The number of hydrogen-bond donors (Lipinski definition) is 2. The molecule has 0 spiro atoms. The fourth-order valence-corrected chi connectivity index (χ4v) is 3.23. The number of aromatic amines is 1. The molecule has 24 heavy (non-hydrogen) atoms. The number of aromatic hydroxyl groups is 1. The van der Waals surface area contributed by atoms with Gasteiger partial charge in [0.1, 0.15) is 17.3 Å². The van der Waals surface area contributed by atoms with Gasteiger partial charge in [-0.1, -0.05) is 6.07 Å². The van der Waals surface area contributed by atoms with Gasteiger partial charge in [-0.15, -0.1) is 0 Å². The molecule has 0 amide bonds. The van der Waals surface area contributed by atoms with Crippen molar-refractivity contribution in [2.45, 2.75) is 38.3 Å². The van der Waals surface area contributed by atoms with Crippen LogP contribution >= 0.6 is 0 Å². The van der Waals surface area contributed by atoms with E-state index in [0.717, 1.165) is 48.5 Å². The molecule has 1 aromatic heterocycles. The molecule has 0 radical (unpaired) electrons. The maximum Gasteiger partial charge on any atom is 0.255 e. The van der Waals surface area contributed by atoms with E-state index in [1.807, 2.05) is 12.1 Å². The Kier molecular flexibility index (Phi) is 3.76. The van der Waals surface area contributed by atoms with Crippen LogP contribution in [-0.4, -0.2) is 33.6 Å². The molecule has 0 atom stereocenters. The normalized spacial score (nSPS) is 17.5. The van der Waals surface area contributed by atoms with Crippen LogP contribution in [0.4, 0.5) is 0 Å². The highest BCUT2D eigenvalue weighted by molar-refractivity contribution is 5.39. The summed E-state index contributed by atoms with van der Waals surface area (Å²) in [5, 5.41) is 10.1. The standard InChI is InChI=1S/C18H21N3O3/c1-24-13-5-4-12(16(22)8-13)9-21-7-6-15-14(10-21)18(23)20-17(19-15)11-2-3-11/h4-5,8,11,22H,2-3,6-7,9-10H2,1H3,(H,19,20,23). The maximum atomic E-state index is 12.4. The van der Waals surface area contributed by atoms with Gasteiger partial charge in [0.25, 0.3) is 5.56 Å². The van der Waals surface area contributed by atoms with E-state index in [1.165, 1.54) is 0 Å². The Labute approximate surface area is 140 Å². The average molecular weight is 327 g/mol. The minimum Gasteiger partial charge on any atom is -0.507 e. The lowest BCUT2D eigenvalue weighted by Gasteiger charge is -2.28. The second kappa shape index (κ2) is 5.94. The van der Waals surface area contributed by atoms with Crippen molar-refractivity contribution < 1.29 is 9.84 Å². The third-order valence-corrected chi connectivity index (χ3v) is 4.82. The van der Waals surface area contributed by atoms with Crippen LogP contribution in [0.5, 0.6) is 11.5 Å². The van der Waals surface area contributed by atoms with E-state index in [-0.39, 0.29) is 11.3 Å². The summed E-state index contributed by atoms with van der Waals surface area (Å²) in [6.45, 7) is 1.99. The van der Waals surface area contributed by atoms with Crippen molar-refractivity contribution in [3.8, 4) is 11.5 Å². The molecule has 2 aromatic rings. The molecule has 2 heterocycles. The molecule has 126 valence electrons. The van der Waals surface area contributed by atoms with Crippen LogP contribution in [0.2, 0.25) is 0 Å². The van der Waals surface area contributed by atoms with Gasteiger partial charge in [-0.25, -0.2) is 4.98 Å². The Balaban J connectivity index is 1.53. The highest BCUT2D eigenvalue weighted by atomic mass is 16.5. The Hall–Kier alpha value is -2.34. The van der Waals surface area contributed by atoms with E-state index in [1.54, 1.807) is 13.2 Å². The summed E-state index contributed by atoms with van der Waals surface area (Å²) in [6.07, 6.45) is 3.03. The summed E-state index contributed by atoms with van der Waals surface area (Å²) in [5.74, 6) is 2.17. The average Bonchev–Trinajstić information content (AvgIpc) is 3.42. The van der Waals surface area contributed by atoms with Crippen LogP contribution in [0, 0.1) is 0 Å². The molecule has 1 aliphatic carbocycles. The summed E-state index contributed by atoms with van der Waals surface area (Å²) in [6, 6.07) is 5.31. The van der Waals surface area contributed by atoms with E-state index >= 15 is 0 Å². The molecule has 0 bridgehead atoms. The van der Waals surface area contributed by atoms with Gasteiger partial charge in [0, 0.05) is 43.6 Å². The number of phenolic OH excluding ortho intramolecular Hbond substituents is 1. The second-order valence-electron chi connectivity index (χ2n) is 6.61. The van der Waals surface area contributed by atoms with Crippen molar-refractivity contribution >= 4 is 0 Å². The van der Waals surface area contributed by atoms with E-state index < -0.39 is 0 Å². The van der Waals surface area contributed by atoms with Crippen molar-refractivity contribution in [2.24, 2.45) is 0 Å².